The lowest BCUT2D eigenvalue weighted by Gasteiger charge is -2.36. The smallest absolute Gasteiger partial charge is 0.245 e. The van der Waals surface area contributed by atoms with Gasteiger partial charge in [-0.25, -0.2) is 9.97 Å². The zero-order chi connectivity index (χ0) is 20.7. The first-order valence-corrected chi connectivity index (χ1v) is 11.5. The Balaban J connectivity index is 1.50. The number of amides is 1. The number of benzene rings is 1. The number of rotatable bonds is 3. The molecule has 156 valence electrons. The second-order valence-corrected chi connectivity index (χ2v) is 9.30. The molecule has 0 unspecified atom stereocenters. The Bertz CT molecular complexity index is 1060. The zero-order valence-electron chi connectivity index (χ0n) is 17.5. The van der Waals surface area contributed by atoms with Crippen molar-refractivity contribution in [3.8, 4) is 10.4 Å². The molecule has 0 bridgehead atoms. The number of likely N-dealkylation sites (N-methyl/N-ethyl adjacent to an activating group) is 1. The molecule has 2 saturated heterocycles. The molecule has 1 aromatic carbocycles. The van der Waals surface area contributed by atoms with Crippen LogP contribution < -0.4 is 4.90 Å². The summed E-state index contributed by atoms with van der Waals surface area (Å²) in [6.45, 7) is 6.33. The van der Waals surface area contributed by atoms with E-state index in [-0.39, 0.29) is 11.9 Å². The van der Waals surface area contributed by atoms with Crippen LogP contribution in [-0.4, -0.2) is 71.5 Å². The second-order valence-electron chi connectivity index (χ2n) is 8.27. The molecule has 5 rings (SSSR count). The van der Waals surface area contributed by atoms with Crippen molar-refractivity contribution in [2.24, 2.45) is 0 Å². The maximum atomic E-state index is 13.4. The molecule has 2 aliphatic rings. The van der Waals surface area contributed by atoms with Gasteiger partial charge in [-0.15, -0.1) is 11.3 Å². The van der Waals surface area contributed by atoms with Gasteiger partial charge < -0.3 is 14.7 Å². The minimum absolute atomic E-state index is 0.119. The number of piperazine rings is 1. The normalized spacial score (nSPS) is 20.3. The van der Waals surface area contributed by atoms with Crippen LogP contribution in [0.2, 0.25) is 0 Å². The van der Waals surface area contributed by atoms with Gasteiger partial charge in [0.05, 0.1) is 5.39 Å². The highest BCUT2D eigenvalue weighted by atomic mass is 32.1. The summed E-state index contributed by atoms with van der Waals surface area (Å²) in [6.07, 6.45) is 1.91. The van der Waals surface area contributed by atoms with E-state index < -0.39 is 0 Å². The van der Waals surface area contributed by atoms with Gasteiger partial charge in [-0.3, -0.25) is 4.79 Å². The minimum Gasteiger partial charge on any atom is -0.344 e. The van der Waals surface area contributed by atoms with Gasteiger partial charge in [0.1, 0.15) is 22.5 Å². The number of fused-ring (bicyclic) bond motifs is 1. The van der Waals surface area contributed by atoms with E-state index in [1.165, 1.54) is 10.4 Å². The van der Waals surface area contributed by atoms with Crippen molar-refractivity contribution < 1.29 is 4.79 Å². The van der Waals surface area contributed by atoms with Gasteiger partial charge in [0.2, 0.25) is 5.91 Å². The highest BCUT2D eigenvalue weighted by Crippen LogP contribution is 2.38. The topological polar surface area (TPSA) is 52.6 Å². The van der Waals surface area contributed by atoms with E-state index in [1.807, 2.05) is 17.9 Å². The van der Waals surface area contributed by atoms with E-state index in [0.717, 1.165) is 67.4 Å². The molecule has 0 radical (unpaired) electrons. The van der Waals surface area contributed by atoms with E-state index in [9.17, 15) is 4.79 Å². The predicted molar refractivity (Wildman–Crippen MR) is 122 cm³/mol. The van der Waals surface area contributed by atoms with Crippen molar-refractivity contribution in [1.82, 2.24) is 19.8 Å². The Kier molecular flexibility index (Phi) is 5.16. The SMILES string of the molecule is Cc1nc(N2CCC[C@@H]2C(=O)N2CCN(C)CC2)c2cc(-c3ccccc3)sc2n1. The van der Waals surface area contributed by atoms with Crippen LogP contribution in [0.3, 0.4) is 0 Å². The minimum atomic E-state index is -0.119. The summed E-state index contributed by atoms with van der Waals surface area (Å²) in [4.78, 5) is 31.6. The molecule has 30 heavy (non-hydrogen) atoms. The molecule has 1 atom stereocenters. The van der Waals surface area contributed by atoms with Crippen molar-refractivity contribution in [3.63, 3.8) is 0 Å². The number of aromatic nitrogens is 2. The number of carbonyl (C=O) groups is 1. The lowest BCUT2D eigenvalue weighted by molar-refractivity contribution is -0.134. The first-order valence-electron chi connectivity index (χ1n) is 10.7. The molecule has 6 nitrogen and oxygen atoms in total. The maximum absolute atomic E-state index is 13.4. The number of carbonyl (C=O) groups excluding carboxylic acids is 1. The number of anilines is 1. The molecule has 4 heterocycles. The van der Waals surface area contributed by atoms with Crippen molar-refractivity contribution >= 4 is 33.3 Å². The summed E-state index contributed by atoms with van der Waals surface area (Å²) in [5, 5.41) is 1.06. The van der Waals surface area contributed by atoms with E-state index in [4.69, 9.17) is 9.97 Å². The van der Waals surface area contributed by atoms with Gasteiger partial charge in [0.15, 0.2) is 0 Å². The van der Waals surface area contributed by atoms with Crippen molar-refractivity contribution in [3.05, 3.63) is 42.2 Å². The fourth-order valence-corrected chi connectivity index (χ4v) is 5.57. The van der Waals surface area contributed by atoms with Gasteiger partial charge in [-0.2, -0.15) is 0 Å². The van der Waals surface area contributed by atoms with Crippen LogP contribution in [0.1, 0.15) is 18.7 Å². The van der Waals surface area contributed by atoms with Gasteiger partial charge in [0, 0.05) is 37.6 Å². The summed E-state index contributed by atoms with van der Waals surface area (Å²) in [6, 6.07) is 12.5. The molecule has 0 N–H and O–H groups in total. The molecule has 3 aromatic rings. The number of hydrogen-bond acceptors (Lipinski definition) is 6. The Morgan fingerprint density at radius 2 is 1.83 bits per heavy atom. The average Bonchev–Trinajstić information content (AvgIpc) is 3.41. The van der Waals surface area contributed by atoms with Crippen LogP contribution >= 0.6 is 11.3 Å². The van der Waals surface area contributed by atoms with Gasteiger partial charge in [-0.05, 0) is 38.4 Å². The fourth-order valence-electron chi connectivity index (χ4n) is 4.49. The summed E-state index contributed by atoms with van der Waals surface area (Å²) >= 11 is 1.70. The molecule has 0 saturated carbocycles. The van der Waals surface area contributed by atoms with E-state index >= 15 is 0 Å². The summed E-state index contributed by atoms with van der Waals surface area (Å²) < 4.78 is 0. The fraction of sp³-hybridized carbons (Fsp3) is 0.435. The maximum Gasteiger partial charge on any atom is 0.245 e. The van der Waals surface area contributed by atoms with E-state index in [0.29, 0.717) is 0 Å². The number of aryl methyl sites for hydroxylation is 1. The van der Waals surface area contributed by atoms with Crippen LogP contribution in [0.25, 0.3) is 20.7 Å². The molecular weight excluding hydrogens is 394 g/mol. The molecule has 2 aromatic heterocycles. The first kappa shape index (κ1) is 19.5. The molecular formula is C23H27N5OS. The van der Waals surface area contributed by atoms with Crippen molar-refractivity contribution in [2.45, 2.75) is 25.8 Å². The van der Waals surface area contributed by atoms with Crippen LogP contribution in [-0.2, 0) is 4.79 Å². The van der Waals surface area contributed by atoms with Gasteiger partial charge in [0.25, 0.3) is 0 Å². The Morgan fingerprint density at radius 3 is 2.60 bits per heavy atom. The number of thiophene rings is 1. The number of nitrogens with zero attached hydrogens (tertiary/aromatic N) is 5. The van der Waals surface area contributed by atoms with Crippen LogP contribution in [0.15, 0.2) is 36.4 Å². The van der Waals surface area contributed by atoms with Crippen molar-refractivity contribution in [2.75, 3.05) is 44.7 Å². The summed E-state index contributed by atoms with van der Waals surface area (Å²) in [5.74, 6) is 1.93. The lowest BCUT2D eigenvalue weighted by Crippen LogP contribution is -2.53. The summed E-state index contributed by atoms with van der Waals surface area (Å²) in [7, 11) is 2.12. The molecule has 2 aliphatic heterocycles. The second kappa shape index (κ2) is 7.96. The highest BCUT2D eigenvalue weighted by molar-refractivity contribution is 7.21. The number of hydrogen-bond donors (Lipinski definition) is 0. The monoisotopic (exact) mass is 421 g/mol. The standard InChI is InChI=1S/C23H27N5OS/c1-16-24-21(18-15-20(30-22(18)25-16)17-7-4-3-5-8-17)28-10-6-9-19(28)23(29)27-13-11-26(2)12-14-27/h3-5,7-8,15,19H,6,9-14H2,1-2H3/t19-/m1/s1. The van der Waals surface area contributed by atoms with Gasteiger partial charge in [-0.1, -0.05) is 30.3 Å². The van der Waals surface area contributed by atoms with Gasteiger partial charge >= 0.3 is 0 Å². The summed E-state index contributed by atoms with van der Waals surface area (Å²) in [5.41, 5.74) is 1.19. The zero-order valence-corrected chi connectivity index (χ0v) is 18.4. The molecule has 0 spiro atoms. The third-order valence-electron chi connectivity index (χ3n) is 6.17. The quantitative estimate of drug-likeness (QED) is 0.649. The van der Waals surface area contributed by atoms with Crippen LogP contribution in [0.5, 0.6) is 0 Å². The Hall–Kier alpha value is -2.51. The third kappa shape index (κ3) is 3.56. The van der Waals surface area contributed by atoms with Crippen LogP contribution in [0.4, 0.5) is 5.82 Å². The largest absolute Gasteiger partial charge is 0.344 e. The first-order chi connectivity index (χ1) is 14.6. The van der Waals surface area contributed by atoms with Crippen molar-refractivity contribution in [1.29, 1.82) is 0 Å². The average molecular weight is 422 g/mol. The molecule has 1 amide bonds. The Morgan fingerprint density at radius 1 is 1.07 bits per heavy atom. The third-order valence-corrected chi connectivity index (χ3v) is 7.25. The van der Waals surface area contributed by atoms with E-state index in [1.54, 1.807) is 11.3 Å². The lowest BCUT2D eigenvalue weighted by atomic mass is 10.1. The predicted octanol–water partition coefficient (Wildman–Crippen LogP) is 3.41. The molecule has 2 fully saturated rings. The Labute approximate surface area is 181 Å². The van der Waals surface area contributed by atoms with Crippen LogP contribution in [0, 0.1) is 6.92 Å². The van der Waals surface area contributed by atoms with E-state index in [2.05, 4.69) is 47.2 Å². The molecule has 7 heteroatoms. The highest BCUT2D eigenvalue weighted by Gasteiger charge is 2.36. The molecule has 0 aliphatic carbocycles.